The SMILES string of the molecule is CCCCN(C(=O)CCc1ccc(OC)c(F)c1)C1CC(C)(C)NC(C)(C)C1. The molecule has 1 fully saturated rings. The molecule has 28 heavy (non-hydrogen) atoms. The lowest BCUT2D eigenvalue weighted by Crippen LogP contribution is -2.62. The molecule has 0 radical (unpaired) electrons. The van der Waals surface area contributed by atoms with Crippen LogP contribution in [-0.4, -0.2) is 41.6 Å². The number of amides is 1. The fourth-order valence-corrected chi connectivity index (χ4v) is 4.59. The number of carbonyl (C=O) groups is 1. The van der Waals surface area contributed by atoms with Crippen LogP contribution in [0.15, 0.2) is 18.2 Å². The summed E-state index contributed by atoms with van der Waals surface area (Å²) in [6.07, 6.45) is 4.91. The smallest absolute Gasteiger partial charge is 0.223 e. The fourth-order valence-electron chi connectivity index (χ4n) is 4.59. The quantitative estimate of drug-likeness (QED) is 0.697. The van der Waals surface area contributed by atoms with Gasteiger partial charge in [0.1, 0.15) is 0 Å². The Morgan fingerprint density at radius 1 is 1.25 bits per heavy atom. The number of ether oxygens (including phenoxy) is 1. The Hall–Kier alpha value is -1.62. The van der Waals surface area contributed by atoms with Crippen LogP contribution in [0.5, 0.6) is 5.75 Å². The fraction of sp³-hybridized carbons (Fsp3) is 0.696. The highest BCUT2D eigenvalue weighted by atomic mass is 19.1. The molecule has 1 amide bonds. The van der Waals surface area contributed by atoms with E-state index < -0.39 is 0 Å². The summed E-state index contributed by atoms with van der Waals surface area (Å²) in [4.78, 5) is 15.2. The molecule has 2 rings (SSSR count). The van der Waals surface area contributed by atoms with Gasteiger partial charge >= 0.3 is 0 Å². The Bertz CT molecular complexity index is 657. The average molecular weight is 393 g/mol. The summed E-state index contributed by atoms with van der Waals surface area (Å²) in [6, 6.07) is 5.17. The van der Waals surface area contributed by atoms with E-state index in [2.05, 4.69) is 44.8 Å². The van der Waals surface area contributed by atoms with Crippen molar-refractivity contribution in [1.82, 2.24) is 10.2 Å². The summed E-state index contributed by atoms with van der Waals surface area (Å²) in [5.74, 6) is 0.0270. The molecule has 1 N–H and O–H groups in total. The molecule has 1 aromatic carbocycles. The van der Waals surface area contributed by atoms with Crippen LogP contribution in [0.2, 0.25) is 0 Å². The molecular formula is C23H37FN2O2. The highest BCUT2D eigenvalue weighted by molar-refractivity contribution is 5.77. The van der Waals surface area contributed by atoms with Crippen LogP contribution in [0.25, 0.3) is 0 Å². The molecule has 0 bridgehead atoms. The zero-order valence-electron chi connectivity index (χ0n) is 18.4. The lowest BCUT2D eigenvalue weighted by molar-refractivity contribution is -0.135. The normalized spacial score (nSPS) is 18.7. The predicted molar refractivity (Wildman–Crippen MR) is 112 cm³/mol. The summed E-state index contributed by atoms with van der Waals surface area (Å²) in [7, 11) is 1.45. The van der Waals surface area contributed by atoms with E-state index >= 15 is 0 Å². The van der Waals surface area contributed by atoms with Gasteiger partial charge in [0.15, 0.2) is 11.6 Å². The first-order chi connectivity index (χ1) is 13.1. The minimum absolute atomic E-state index is 0.00370. The van der Waals surface area contributed by atoms with E-state index in [4.69, 9.17) is 4.74 Å². The van der Waals surface area contributed by atoms with Crippen LogP contribution in [0.1, 0.15) is 72.3 Å². The van der Waals surface area contributed by atoms with Gasteiger partial charge < -0.3 is 15.0 Å². The van der Waals surface area contributed by atoms with Crippen LogP contribution in [0.4, 0.5) is 4.39 Å². The molecule has 5 heteroatoms. The monoisotopic (exact) mass is 392 g/mol. The average Bonchev–Trinajstić information content (AvgIpc) is 2.57. The molecule has 0 unspecified atom stereocenters. The Kier molecular flexibility index (Phi) is 7.49. The first kappa shape index (κ1) is 22.7. The minimum Gasteiger partial charge on any atom is -0.494 e. The molecule has 1 aromatic rings. The molecule has 158 valence electrons. The topological polar surface area (TPSA) is 41.6 Å². The maximum atomic E-state index is 13.9. The van der Waals surface area contributed by atoms with Crippen LogP contribution >= 0.6 is 0 Å². The molecule has 1 aliphatic heterocycles. The third kappa shape index (κ3) is 6.20. The van der Waals surface area contributed by atoms with Crippen molar-refractivity contribution >= 4 is 5.91 Å². The Balaban J connectivity index is 2.09. The second-order valence-corrected chi connectivity index (χ2v) is 9.36. The summed E-state index contributed by atoms with van der Waals surface area (Å²) in [5, 5.41) is 3.70. The van der Waals surface area contributed by atoms with Gasteiger partial charge in [0, 0.05) is 30.1 Å². The highest BCUT2D eigenvalue weighted by Gasteiger charge is 2.40. The van der Waals surface area contributed by atoms with Crippen molar-refractivity contribution in [2.75, 3.05) is 13.7 Å². The standard InChI is InChI=1S/C23H37FN2O2/c1-7-8-13-26(18-15-22(2,3)25-23(4,5)16-18)21(27)12-10-17-9-11-20(28-6)19(24)14-17/h9,11,14,18,25H,7-8,10,12-13,15-16H2,1-6H3. The second kappa shape index (κ2) is 9.25. The number of benzene rings is 1. The first-order valence-electron chi connectivity index (χ1n) is 10.5. The van der Waals surface area contributed by atoms with E-state index in [0.29, 0.717) is 12.8 Å². The molecule has 0 saturated carbocycles. The third-order valence-corrected chi connectivity index (χ3v) is 5.53. The van der Waals surface area contributed by atoms with Crippen molar-refractivity contribution in [2.24, 2.45) is 0 Å². The van der Waals surface area contributed by atoms with Crippen molar-refractivity contribution in [3.63, 3.8) is 0 Å². The summed E-state index contributed by atoms with van der Waals surface area (Å²) >= 11 is 0. The molecule has 0 atom stereocenters. The molecular weight excluding hydrogens is 355 g/mol. The van der Waals surface area contributed by atoms with Gasteiger partial charge in [-0.2, -0.15) is 0 Å². The van der Waals surface area contributed by atoms with Crippen LogP contribution in [0.3, 0.4) is 0 Å². The molecule has 1 aliphatic rings. The summed E-state index contributed by atoms with van der Waals surface area (Å²) in [5.41, 5.74) is 0.820. The number of nitrogens with one attached hydrogen (secondary N) is 1. The van der Waals surface area contributed by atoms with Gasteiger partial charge in [0.05, 0.1) is 7.11 Å². The van der Waals surface area contributed by atoms with Crippen molar-refractivity contribution in [1.29, 1.82) is 0 Å². The number of hydrogen-bond donors (Lipinski definition) is 1. The van der Waals surface area contributed by atoms with Gasteiger partial charge in [-0.3, -0.25) is 4.79 Å². The van der Waals surface area contributed by atoms with Gasteiger partial charge in [-0.1, -0.05) is 19.4 Å². The number of aryl methyl sites for hydroxylation is 1. The zero-order chi connectivity index (χ0) is 20.9. The van der Waals surface area contributed by atoms with E-state index in [0.717, 1.165) is 37.8 Å². The van der Waals surface area contributed by atoms with Crippen LogP contribution in [-0.2, 0) is 11.2 Å². The van der Waals surface area contributed by atoms with Gasteiger partial charge in [-0.15, -0.1) is 0 Å². The molecule has 0 aromatic heterocycles. The number of unbranched alkanes of at least 4 members (excludes halogenated alkanes) is 1. The van der Waals surface area contributed by atoms with Gasteiger partial charge in [0.25, 0.3) is 0 Å². The molecule has 0 aliphatic carbocycles. The zero-order valence-corrected chi connectivity index (χ0v) is 18.4. The van der Waals surface area contributed by atoms with Crippen LogP contribution < -0.4 is 10.1 Å². The Morgan fingerprint density at radius 2 is 1.89 bits per heavy atom. The molecule has 0 spiro atoms. The van der Waals surface area contributed by atoms with Crippen molar-refractivity contribution in [3.05, 3.63) is 29.6 Å². The van der Waals surface area contributed by atoms with Crippen LogP contribution in [0, 0.1) is 5.82 Å². The number of carbonyl (C=O) groups excluding carboxylic acids is 1. The lowest BCUT2D eigenvalue weighted by atomic mass is 9.79. The number of nitrogens with zero attached hydrogens (tertiary/aromatic N) is 1. The second-order valence-electron chi connectivity index (χ2n) is 9.36. The predicted octanol–water partition coefficient (Wildman–Crippen LogP) is 4.70. The van der Waals surface area contributed by atoms with Crippen molar-refractivity contribution in [3.8, 4) is 5.75 Å². The third-order valence-electron chi connectivity index (χ3n) is 5.53. The largest absolute Gasteiger partial charge is 0.494 e. The van der Waals surface area contributed by atoms with E-state index in [9.17, 15) is 9.18 Å². The van der Waals surface area contributed by atoms with Crippen molar-refractivity contribution < 1.29 is 13.9 Å². The maximum absolute atomic E-state index is 13.9. The number of hydrogen-bond acceptors (Lipinski definition) is 3. The van der Waals surface area contributed by atoms with E-state index in [1.54, 1.807) is 6.07 Å². The maximum Gasteiger partial charge on any atom is 0.223 e. The molecule has 4 nitrogen and oxygen atoms in total. The lowest BCUT2D eigenvalue weighted by Gasteiger charge is -2.49. The van der Waals surface area contributed by atoms with Gasteiger partial charge in [0.2, 0.25) is 5.91 Å². The Labute approximate surface area is 169 Å². The number of halogens is 1. The molecule has 1 heterocycles. The number of methoxy groups -OCH3 is 1. The van der Waals surface area contributed by atoms with E-state index in [1.807, 2.05) is 6.07 Å². The van der Waals surface area contributed by atoms with E-state index in [-0.39, 0.29) is 34.6 Å². The number of rotatable bonds is 8. The summed E-state index contributed by atoms with van der Waals surface area (Å²) < 4.78 is 18.9. The van der Waals surface area contributed by atoms with Crippen molar-refractivity contribution in [2.45, 2.75) is 90.3 Å². The van der Waals surface area contributed by atoms with Gasteiger partial charge in [-0.25, -0.2) is 4.39 Å². The number of piperidine rings is 1. The van der Waals surface area contributed by atoms with E-state index in [1.165, 1.54) is 13.2 Å². The Morgan fingerprint density at radius 3 is 2.43 bits per heavy atom. The van der Waals surface area contributed by atoms with Gasteiger partial charge in [-0.05, 0) is 71.1 Å². The highest BCUT2D eigenvalue weighted by Crippen LogP contribution is 2.32. The summed E-state index contributed by atoms with van der Waals surface area (Å²) in [6.45, 7) is 11.8. The first-order valence-corrected chi connectivity index (χ1v) is 10.5. The molecule has 1 saturated heterocycles. The minimum atomic E-state index is -0.378.